The van der Waals surface area contributed by atoms with Gasteiger partial charge in [-0.3, -0.25) is 4.79 Å². The summed E-state index contributed by atoms with van der Waals surface area (Å²) in [5, 5.41) is 6.50. The molecule has 6 heteroatoms. The average Bonchev–Trinajstić information content (AvgIpc) is 3.29. The molecule has 1 aromatic heterocycles. The van der Waals surface area contributed by atoms with Crippen molar-refractivity contribution in [3.63, 3.8) is 0 Å². The summed E-state index contributed by atoms with van der Waals surface area (Å²) in [5.41, 5.74) is 0. The smallest absolute Gasteiger partial charge is 0.305 e. The fraction of sp³-hybridized carbons (Fsp3) is 0.667. The van der Waals surface area contributed by atoms with E-state index in [1.807, 2.05) is 19.9 Å². The molecule has 6 nitrogen and oxygen atoms in total. The molecule has 2 N–H and O–H groups in total. The highest BCUT2D eigenvalue weighted by molar-refractivity contribution is 5.69. The topological polar surface area (TPSA) is 76.1 Å². The number of carbonyl (C=O) groups is 1. The van der Waals surface area contributed by atoms with Crippen LogP contribution in [0.2, 0.25) is 0 Å². The summed E-state index contributed by atoms with van der Waals surface area (Å²) >= 11 is 0. The summed E-state index contributed by atoms with van der Waals surface area (Å²) in [7, 11) is 0. The van der Waals surface area contributed by atoms with Gasteiger partial charge in [0.1, 0.15) is 17.5 Å². The average molecular weight is 292 g/mol. The van der Waals surface area contributed by atoms with Gasteiger partial charge in [-0.1, -0.05) is 0 Å². The molecule has 0 saturated heterocycles. The number of anilines is 2. The molecule has 0 spiro atoms. The summed E-state index contributed by atoms with van der Waals surface area (Å²) in [6.07, 6.45) is 3.52. The third-order valence-corrected chi connectivity index (χ3v) is 3.21. The molecule has 1 aliphatic rings. The summed E-state index contributed by atoms with van der Waals surface area (Å²) < 4.78 is 4.90. The molecule has 1 heterocycles. The van der Waals surface area contributed by atoms with Crippen LogP contribution in [0.1, 0.15) is 51.3 Å². The fourth-order valence-electron chi connectivity index (χ4n) is 2.03. The zero-order valence-electron chi connectivity index (χ0n) is 12.8. The van der Waals surface area contributed by atoms with Gasteiger partial charge in [0.05, 0.1) is 6.61 Å². The van der Waals surface area contributed by atoms with Gasteiger partial charge in [0.25, 0.3) is 0 Å². The maximum absolute atomic E-state index is 11.3. The van der Waals surface area contributed by atoms with E-state index >= 15 is 0 Å². The molecule has 1 aliphatic carbocycles. The molecule has 0 aromatic carbocycles. The summed E-state index contributed by atoms with van der Waals surface area (Å²) in [6.45, 7) is 5.84. The van der Waals surface area contributed by atoms with Gasteiger partial charge in [-0.05, 0) is 33.1 Å². The standard InChI is InChI=1S/C15H24N4O2/c1-3-16-12-10-13(19-15(18-12)11-7-8-11)17-9-5-6-14(20)21-4-2/h10-11H,3-9H2,1-2H3,(H2,16,17,18,19). The van der Waals surface area contributed by atoms with E-state index in [0.29, 0.717) is 25.5 Å². The minimum atomic E-state index is -0.144. The van der Waals surface area contributed by atoms with Crippen molar-refractivity contribution in [2.45, 2.75) is 45.4 Å². The van der Waals surface area contributed by atoms with E-state index in [-0.39, 0.29) is 5.97 Å². The fourth-order valence-corrected chi connectivity index (χ4v) is 2.03. The first-order chi connectivity index (χ1) is 10.2. The molecule has 2 rings (SSSR count). The lowest BCUT2D eigenvalue weighted by atomic mass is 10.3. The van der Waals surface area contributed by atoms with E-state index in [1.54, 1.807) is 0 Å². The van der Waals surface area contributed by atoms with Crippen molar-refractivity contribution < 1.29 is 9.53 Å². The second-order valence-corrected chi connectivity index (χ2v) is 5.14. The second-order valence-electron chi connectivity index (χ2n) is 5.14. The Labute approximate surface area is 125 Å². The minimum absolute atomic E-state index is 0.144. The monoisotopic (exact) mass is 292 g/mol. The third kappa shape index (κ3) is 5.21. The lowest BCUT2D eigenvalue weighted by Gasteiger charge is -2.10. The van der Waals surface area contributed by atoms with Crippen molar-refractivity contribution in [3.05, 3.63) is 11.9 Å². The van der Waals surface area contributed by atoms with Crippen molar-refractivity contribution in [2.75, 3.05) is 30.3 Å². The van der Waals surface area contributed by atoms with Crippen LogP contribution in [0.25, 0.3) is 0 Å². The molecule has 1 saturated carbocycles. The Morgan fingerprint density at radius 3 is 2.62 bits per heavy atom. The van der Waals surface area contributed by atoms with E-state index < -0.39 is 0 Å². The maximum atomic E-state index is 11.3. The molecular weight excluding hydrogens is 268 g/mol. The number of aromatic nitrogens is 2. The molecule has 0 atom stereocenters. The Bertz CT molecular complexity index is 475. The first kappa shape index (κ1) is 15.5. The number of esters is 1. The Morgan fingerprint density at radius 2 is 2.00 bits per heavy atom. The number of nitrogens with one attached hydrogen (secondary N) is 2. The highest BCUT2D eigenvalue weighted by atomic mass is 16.5. The van der Waals surface area contributed by atoms with Crippen LogP contribution >= 0.6 is 0 Å². The van der Waals surface area contributed by atoms with Crippen LogP contribution in [0.3, 0.4) is 0 Å². The summed E-state index contributed by atoms with van der Waals surface area (Å²) in [5.74, 6) is 2.98. The lowest BCUT2D eigenvalue weighted by Crippen LogP contribution is -2.11. The number of rotatable bonds is 9. The van der Waals surface area contributed by atoms with Gasteiger partial charge in [-0.2, -0.15) is 0 Å². The molecule has 116 valence electrons. The van der Waals surface area contributed by atoms with E-state index in [0.717, 1.165) is 30.4 Å². The van der Waals surface area contributed by atoms with Crippen LogP contribution in [0.5, 0.6) is 0 Å². The SMILES string of the molecule is CCNc1cc(NCCCC(=O)OCC)nc(C2CC2)n1. The molecule has 0 radical (unpaired) electrons. The highest BCUT2D eigenvalue weighted by Gasteiger charge is 2.27. The van der Waals surface area contributed by atoms with Crippen molar-refractivity contribution in [3.8, 4) is 0 Å². The second kappa shape index (κ2) is 7.81. The van der Waals surface area contributed by atoms with E-state index in [1.165, 1.54) is 12.8 Å². The minimum Gasteiger partial charge on any atom is -0.466 e. The molecule has 0 bridgehead atoms. The number of carbonyl (C=O) groups excluding carboxylic acids is 1. The van der Waals surface area contributed by atoms with E-state index in [4.69, 9.17) is 4.74 Å². The van der Waals surface area contributed by atoms with Gasteiger partial charge in [-0.15, -0.1) is 0 Å². The molecular formula is C15H24N4O2. The largest absolute Gasteiger partial charge is 0.466 e. The molecule has 1 fully saturated rings. The molecule has 0 aliphatic heterocycles. The maximum Gasteiger partial charge on any atom is 0.305 e. The predicted molar refractivity (Wildman–Crippen MR) is 82.5 cm³/mol. The first-order valence-corrected chi connectivity index (χ1v) is 7.75. The number of nitrogens with zero attached hydrogens (tertiary/aromatic N) is 2. The Kier molecular flexibility index (Phi) is 5.78. The van der Waals surface area contributed by atoms with Crippen LogP contribution in [-0.2, 0) is 9.53 Å². The van der Waals surface area contributed by atoms with Crippen molar-refractivity contribution >= 4 is 17.6 Å². The normalized spacial score (nSPS) is 13.8. The van der Waals surface area contributed by atoms with Crippen LogP contribution in [0, 0.1) is 0 Å². The zero-order valence-corrected chi connectivity index (χ0v) is 12.8. The van der Waals surface area contributed by atoms with Gasteiger partial charge in [0.15, 0.2) is 0 Å². The zero-order chi connectivity index (χ0) is 15.1. The lowest BCUT2D eigenvalue weighted by molar-refractivity contribution is -0.143. The van der Waals surface area contributed by atoms with E-state index in [2.05, 4.69) is 20.6 Å². The summed E-state index contributed by atoms with van der Waals surface area (Å²) in [6, 6.07) is 1.92. The first-order valence-electron chi connectivity index (χ1n) is 7.75. The Balaban J connectivity index is 1.85. The third-order valence-electron chi connectivity index (χ3n) is 3.21. The molecule has 0 unspecified atom stereocenters. The van der Waals surface area contributed by atoms with Gasteiger partial charge >= 0.3 is 5.97 Å². The molecule has 1 aromatic rings. The predicted octanol–water partition coefficient (Wildman–Crippen LogP) is 2.54. The quantitative estimate of drug-likeness (QED) is 0.538. The number of hydrogen-bond acceptors (Lipinski definition) is 6. The van der Waals surface area contributed by atoms with Crippen LogP contribution in [-0.4, -0.2) is 35.6 Å². The van der Waals surface area contributed by atoms with E-state index in [9.17, 15) is 4.79 Å². The summed E-state index contributed by atoms with van der Waals surface area (Å²) in [4.78, 5) is 20.3. The Hall–Kier alpha value is -1.85. The van der Waals surface area contributed by atoms with Gasteiger partial charge in [0.2, 0.25) is 0 Å². The van der Waals surface area contributed by atoms with Crippen LogP contribution in [0.15, 0.2) is 6.07 Å². The number of ether oxygens (including phenoxy) is 1. The van der Waals surface area contributed by atoms with Gasteiger partial charge in [0, 0.05) is 31.5 Å². The molecule has 21 heavy (non-hydrogen) atoms. The Morgan fingerprint density at radius 1 is 1.29 bits per heavy atom. The highest BCUT2D eigenvalue weighted by Crippen LogP contribution is 2.38. The van der Waals surface area contributed by atoms with Gasteiger partial charge < -0.3 is 15.4 Å². The van der Waals surface area contributed by atoms with Gasteiger partial charge in [-0.25, -0.2) is 9.97 Å². The van der Waals surface area contributed by atoms with Crippen molar-refractivity contribution in [1.29, 1.82) is 0 Å². The number of hydrogen-bond donors (Lipinski definition) is 2. The van der Waals surface area contributed by atoms with Crippen molar-refractivity contribution in [1.82, 2.24) is 9.97 Å². The van der Waals surface area contributed by atoms with Crippen molar-refractivity contribution in [2.24, 2.45) is 0 Å². The van der Waals surface area contributed by atoms with Crippen LogP contribution < -0.4 is 10.6 Å². The van der Waals surface area contributed by atoms with Crippen LogP contribution in [0.4, 0.5) is 11.6 Å². The molecule has 0 amide bonds.